The summed E-state index contributed by atoms with van der Waals surface area (Å²) in [7, 11) is 0. The molecular formula is C56H41BN2OS2. The van der Waals surface area contributed by atoms with E-state index in [0.717, 1.165) is 16.6 Å². The molecule has 8 aromatic carbocycles. The van der Waals surface area contributed by atoms with E-state index in [1.807, 2.05) is 22.7 Å². The van der Waals surface area contributed by atoms with Crippen LogP contribution in [-0.2, 0) is 10.8 Å². The zero-order chi connectivity index (χ0) is 41.6. The molecule has 0 radical (unpaired) electrons. The Morgan fingerprint density at radius 3 is 1.85 bits per heavy atom. The summed E-state index contributed by atoms with van der Waals surface area (Å²) < 4.78 is 14.8. The van der Waals surface area contributed by atoms with Crippen molar-refractivity contribution in [2.45, 2.75) is 52.4 Å². The molecule has 0 amide bonds. The van der Waals surface area contributed by atoms with Crippen LogP contribution < -0.4 is 15.7 Å². The van der Waals surface area contributed by atoms with Gasteiger partial charge in [-0.25, -0.2) is 0 Å². The summed E-state index contributed by atoms with van der Waals surface area (Å²) in [6, 6.07) is 53.6. The zero-order valence-corrected chi connectivity index (χ0v) is 37.1. The van der Waals surface area contributed by atoms with Crippen molar-refractivity contribution in [3.8, 4) is 16.8 Å². The first-order valence-corrected chi connectivity index (χ1v) is 23.4. The molecule has 4 aromatic heterocycles. The fourth-order valence-electron chi connectivity index (χ4n) is 11.0. The Morgan fingerprint density at radius 1 is 0.468 bits per heavy atom. The summed E-state index contributed by atoms with van der Waals surface area (Å²) in [5.74, 6) is 0. The van der Waals surface area contributed by atoms with Crippen LogP contribution in [-0.4, -0.2) is 11.4 Å². The van der Waals surface area contributed by atoms with Gasteiger partial charge in [0.1, 0.15) is 11.2 Å². The zero-order valence-electron chi connectivity index (χ0n) is 35.5. The lowest BCUT2D eigenvalue weighted by molar-refractivity contribution is 0.590. The van der Waals surface area contributed by atoms with E-state index in [4.69, 9.17) is 4.42 Å². The predicted octanol–water partition coefficient (Wildman–Crippen LogP) is 15.3. The number of thiophene rings is 2. The van der Waals surface area contributed by atoms with Crippen molar-refractivity contribution < 1.29 is 4.42 Å². The summed E-state index contributed by atoms with van der Waals surface area (Å²) in [6.07, 6.45) is 0. The molecule has 14 rings (SSSR count). The molecule has 0 unspecified atom stereocenters. The van der Waals surface area contributed by atoms with Crippen LogP contribution in [0.25, 0.3) is 101 Å². The SMILES string of the molecule is CC(C)(C)c1ccc(N2B3c4cc5sc6ccccc6c5cc4-n4c5cc6c(cc5c5ccc(c3c54)-c3cc4c(cc32)oc2ccc(C(C)(C)C)cc24)sc2ccccc26)cc1. The first-order valence-electron chi connectivity index (χ1n) is 21.8. The number of aromatic nitrogens is 1. The molecule has 6 heteroatoms. The van der Waals surface area contributed by atoms with Crippen LogP contribution in [0.15, 0.2) is 144 Å². The van der Waals surface area contributed by atoms with E-state index in [-0.39, 0.29) is 17.7 Å². The molecule has 0 saturated carbocycles. The van der Waals surface area contributed by atoms with Crippen molar-refractivity contribution in [1.82, 2.24) is 4.57 Å². The lowest BCUT2D eigenvalue weighted by Crippen LogP contribution is -2.60. The highest BCUT2D eigenvalue weighted by molar-refractivity contribution is 7.26. The number of furan rings is 1. The molecule has 2 aliphatic heterocycles. The smallest absolute Gasteiger partial charge is 0.333 e. The molecule has 0 N–H and O–H groups in total. The number of rotatable bonds is 1. The molecule has 0 aliphatic carbocycles. The van der Waals surface area contributed by atoms with E-state index in [0.29, 0.717) is 0 Å². The first kappa shape index (κ1) is 35.3. The maximum atomic E-state index is 6.81. The third-order valence-electron chi connectivity index (χ3n) is 14.1. The van der Waals surface area contributed by atoms with Crippen LogP contribution in [0.1, 0.15) is 52.7 Å². The molecule has 0 fully saturated rings. The second-order valence-electron chi connectivity index (χ2n) is 19.7. The van der Waals surface area contributed by atoms with Crippen LogP contribution in [0.4, 0.5) is 11.4 Å². The van der Waals surface area contributed by atoms with Gasteiger partial charge in [-0.3, -0.25) is 0 Å². The van der Waals surface area contributed by atoms with Gasteiger partial charge in [0.2, 0.25) is 0 Å². The fourth-order valence-corrected chi connectivity index (χ4v) is 13.2. The normalized spacial score (nSPS) is 13.9. The fraction of sp³-hybridized carbons (Fsp3) is 0.143. The van der Waals surface area contributed by atoms with Gasteiger partial charge in [-0.05, 0) is 105 Å². The van der Waals surface area contributed by atoms with Crippen molar-refractivity contribution in [3.63, 3.8) is 0 Å². The first-order chi connectivity index (χ1) is 30.0. The lowest BCUT2D eigenvalue weighted by atomic mass is 9.44. The molecule has 0 saturated heterocycles. The average Bonchev–Trinajstić information content (AvgIpc) is 4.01. The minimum Gasteiger partial charge on any atom is -0.456 e. The maximum Gasteiger partial charge on any atom is 0.333 e. The Balaban J connectivity index is 1.15. The van der Waals surface area contributed by atoms with Crippen molar-refractivity contribution in [1.29, 1.82) is 0 Å². The number of fused-ring (bicyclic) bond motifs is 17. The van der Waals surface area contributed by atoms with Crippen molar-refractivity contribution in [2.75, 3.05) is 4.81 Å². The average molecular weight is 833 g/mol. The monoisotopic (exact) mass is 832 g/mol. The standard InChI is InChI=1S/C56H41BN2OS2/c1-55(2,3)30-15-18-32(19-16-30)59-45-29-48-40(39-23-31(56(4,5)6)17-22-47(39)60-48)24-37(45)35-20-21-36-38-27-51-41(33-11-7-9-13-49(33)61-51)25-44(38)58-46-26-42-34-12-8-10-14-50(34)62-52(42)28-43(46)57(59)53(35)54(36)58/h7-29H,1-6H3. The van der Waals surface area contributed by atoms with Crippen LogP contribution in [0, 0.1) is 0 Å². The largest absolute Gasteiger partial charge is 0.456 e. The van der Waals surface area contributed by atoms with Crippen molar-refractivity contribution in [3.05, 3.63) is 151 Å². The number of hydrogen-bond donors (Lipinski definition) is 0. The van der Waals surface area contributed by atoms with Crippen LogP contribution in [0.5, 0.6) is 0 Å². The van der Waals surface area contributed by atoms with E-state index >= 15 is 0 Å². The quantitative estimate of drug-likeness (QED) is 0.154. The Kier molecular flexibility index (Phi) is 6.70. The minimum absolute atomic E-state index is 0.0197. The Hall–Kier alpha value is -6.34. The van der Waals surface area contributed by atoms with E-state index in [1.165, 1.54) is 118 Å². The highest BCUT2D eigenvalue weighted by Crippen LogP contribution is 2.50. The van der Waals surface area contributed by atoms with Gasteiger partial charge in [0.25, 0.3) is 0 Å². The predicted molar refractivity (Wildman–Crippen MR) is 270 cm³/mol. The summed E-state index contributed by atoms with van der Waals surface area (Å²) in [4.78, 5) is 2.64. The Morgan fingerprint density at radius 2 is 1.13 bits per heavy atom. The van der Waals surface area contributed by atoms with Crippen LogP contribution in [0.3, 0.4) is 0 Å². The maximum absolute atomic E-state index is 6.81. The summed E-state index contributed by atoms with van der Waals surface area (Å²) in [6.45, 7) is 13.7. The van der Waals surface area contributed by atoms with E-state index < -0.39 is 0 Å². The topological polar surface area (TPSA) is 21.3 Å². The molecule has 296 valence electrons. The highest BCUT2D eigenvalue weighted by Gasteiger charge is 2.44. The minimum atomic E-state index is -0.0839. The molecule has 0 bridgehead atoms. The van der Waals surface area contributed by atoms with Crippen molar-refractivity contribution >= 4 is 136 Å². The Labute approximate surface area is 367 Å². The van der Waals surface area contributed by atoms with Crippen LogP contribution in [0.2, 0.25) is 0 Å². The molecule has 12 aromatic rings. The Bertz CT molecular complexity index is 3960. The summed E-state index contributed by atoms with van der Waals surface area (Å²) in [5.41, 5.74) is 15.9. The molecule has 0 spiro atoms. The second-order valence-corrected chi connectivity index (χ2v) is 21.9. The molecule has 2 aliphatic rings. The molecular weight excluding hydrogens is 792 g/mol. The van der Waals surface area contributed by atoms with Gasteiger partial charge < -0.3 is 13.8 Å². The number of nitrogens with zero attached hydrogens (tertiary/aromatic N) is 2. The van der Waals surface area contributed by atoms with E-state index in [9.17, 15) is 0 Å². The molecule has 0 atom stereocenters. The third kappa shape index (κ3) is 4.61. The number of anilines is 2. The van der Waals surface area contributed by atoms with Gasteiger partial charge in [0.15, 0.2) is 0 Å². The van der Waals surface area contributed by atoms with Gasteiger partial charge in [0.05, 0.1) is 11.0 Å². The highest BCUT2D eigenvalue weighted by atomic mass is 32.1. The number of hydrogen-bond acceptors (Lipinski definition) is 4. The van der Waals surface area contributed by atoms with Gasteiger partial charge in [-0.15, -0.1) is 22.7 Å². The lowest BCUT2D eigenvalue weighted by Gasteiger charge is -2.42. The van der Waals surface area contributed by atoms with Gasteiger partial charge in [-0.1, -0.05) is 108 Å². The van der Waals surface area contributed by atoms with E-state index in [1.54, 1.807) is 0 Å². The third-order valence-corrected chi connectivity index (χ3v) is 16.3. The summed E-state index contributed by atoms with van der Waals surface area (Å²) >= 11 is 3.81. The van der Waals surface area contributed by atoms with E-state index in [2.05, 4.69) is 190 Å². The second kappa shape index (κ2) is 11.8. The molecule has 3 nitrogen and oxygen atoms in total. The van der Waals surface area contributed by atoms with Gasteiger partial charge >= 0.3 is 6.85 Å². The van der Waals surface area contributed by atoms with Gasteiger partial charge in [-0.2, -0.15) is 0 Å². The summed E-state index contributed by atoms with van der Waals surface area (Å²) in [5, 5.41) is 10.2. The van der Waals surface area contributed by atoms with Crippen molar-refractivity contribution in [2.24, 2.45) is 0 Å². The molecule has 62 heavy (non-hydrogen) atoms. The van der Waals surface area contributed by atoms with Crippen LogP contribution >= 0.6 is 22.7 Å². The van der Waals surface area contributed by atoms with Gasteiger partial charge in [0, 0.05) is 90.6 Å². The molecule has 6 heterocycles. The number of benzene rings is 8.